The van der Waals surface area contributed by atoms with E-state index in [0.29, 0.717) is 6.61 Å². The van der Waals surface area contributed by atoms with Gasteiger partial charge in [0.25, 0.3) is 0 Å². The lowest BCUT2D eigenvalue weighted by Crippen LogP contribution is -2.47. The molecular formula is C12H26NO3P. The van der Waals surface area contributed by atoms with Crippen molar-refractivity contribution in [1.29, 1.82) is 0 Å². The number of nitrogens with one attached hydrogen (secondary N) is 1. The van der Waals surface area contributed by atoms with Crippen LogP contribution >= 0.6 is 8.60 Å². The molecule has 0 bridgehead atoms. The quantitative estimate of drug-likeness (QED) is 0.444. The van der Waals surface area contributed by atoms with Crippen LogP contribution in [0, 0.1) is 0 Å². The molecule has 1 aliphatic rings. The van der Waals surface area contributed by atoms with Gasteiger partial charge in [0.2, 0.25) is 0 Å². The largest absolute Gasteiger partial charge is 0.330 e. The Morgan fingerprint density at radius 1 is 1.12 bits per heavy atom. The van der Waals surface area contributed by atoms with Crippen LogP contribution in [-0.2, 0) is 9.05 Å². The van der Waals surface area contributed by atoms with Gasteiger partial charge in [0, 0.05) is 13.1 Å². The standard InChI is InChI=1S/C12H26NO3P/c1-2-3-4-5-6-7-8-9-15-17(14)16-12-10-13-11-12/h12-14H,2-11H2,1H3. The summed E-state index contributed by atoms with van der Waals surface area (Å²) in [6, 6.07) is 0. The summed E-state index contributed by atoms with van der Waals surface area (Å²) >= 11 is 0. The van der Waals surface area contributed by atoms with Crippen LogP contribution in [0.15, 0.2) is 0 Å². The first-order valence-electron chi connectivity index (χ1n) is 6.82. The molecule has 4 nitrogen and oxygen atoms in total. The van der Waals surface area contributed by atoms with E-state index in [1.54, 1.807) is 0 Å². The molecule has 0 aromatic carbocycles. The molecular weight excluding hydrogens is 237 g/mol. The summed E-state index contributed by atoms with van der Waals surface area (Å²) in [5.41, 5.74) is 0. The number of rotatable bonds is 11. The first-order valence-corrected chi connectivity index (χ1v) is 7.95. The molecule has 1 aliphatic heterocycles. The van der Waals surface area contributed by atoms with Gasteiger partial charge >= 0.3 is 8.60 Å². The molecule has 0 radical (unpaired) electrons. The Balaban J connectivity index is 1.76. The molecule has 1 heterocycles. The summed E-state index contributed by atoms with van der Waals surface area (Å²) in [4.78, 5) is 9.45. The SMILES string of the molecule is CCCCCCCCCOP(O)OC1CNC1. The van der Waals surface area contributed by atoms with Crippen molar-refractivity contribution in [3.8, 4) is 0 Å². The lowest BCUT2D eigenvalue weighted by molar-refractivity contribution is 0.104. The van der Waals surface area contributed by atoms with Crippen LogP contribution in [0.4, 0.5) is 0 Å². The van der Waals surface area contributed by atoms with E-state index in [1.165, 1.54) is 38.5 Å². The zero-order valence-electron chi connectivity index (χ0n) is 10.9. The Morgan fingerprint density at radius 3 is 2.35 bits per heavy atom. The minimum atomic E-state index is -1.64. The average molecular weight is 263 g/mol. The lowest BCUT2D eigenvalue weighted by Gasteiger charge is -2.27. The fourth-order valence-electron chi connectivity index (χ4n) is 1.70. The molecule has 5 heteroatoms. The van der Waals surface area contributed by atoms with Crippen LogP contribution in [-0.4, -0.2) is 30.7 Å². The molecule has 17 heavy (non-hydrogen) atoms. The summed E-state index contributed by atoms with van der Waals surface area (Å²) < 4.78 is 10.5. The van der Waals surface area contributed by atoms with E-state index in [2.05, 4.69) is 12.2 Å². The molecule has 0 aromatic heterocycles. The van der Waals surface area contributed by atoms with Crippen molar-refractivity contribution in [3.63, 3.8) is 0 Å². The Hall–Kier alpha value is 0.270. The van der Waals surface area contributed by atoms with Crippen molar-refractivity contribution < 1.29 is 13.9 Å². The first-order chi connectivity index (χ1) is 8.33. The molecule has 1 rings (SSSR count). The van der Waals surface area contributed by atoms with Gasteiger partial charge in [-0.05, 0) is 6.42 Å². The van der Waals surface area contributed by atoms with Crippen molar-refractivity contribution in [3.05, 3.63) is 0 Å². The third-order valence-corrected chi connectivity index (χ3v) is 3.81. The van der Waals surface area contributed by atoms with Crippen molar-refractivity contribution in [1.82, 2.24) is 5.32 Å². The molecule has 2 N–H and O–H groups in total. The first kappa shape index (κ1) is 15.3. The van der Waals surface area contributed by atoms with Gasteiger partial charge in [-0.3, -0.25) is 0 Å². The highest BCUT2D eigenvalue weighted by Gasteiger charge is 2.22. The van der Waals surface area contributed by atoms with Gasteiger partial charge in [0.05, 0.1) is 12.7 Å². The van der Waals surface area contributed by atoms with Crippen molar-refractivity contribution >= 4 is 8.60 Å². The van der Waals surface area contributed by atoms with Gasteiger partial charge in [0.15, 0.2) is 0 Å². The molecule has 102 valence electrons. The predicted octanol–water partition coefficient (Wildman–Crippen LogP) is 2.96. The summed E-state index contributed by atoms with van der Waals surface area (Å²) in [7, 11) is -1.64. The van der Waals surface area contributed by atoms with E-state index in [1.807, 2.05) is 0 Å². The van der Waals surface area contributed by atoms with Gasteiger partial charge in [-0.1, -0.05) is 45.4 Å². The highest BCUT2D eigenvalue weighted by molar-refractivity contribution is 7.40. The fraction of sp³-hybridized carbons (Fsp3) is 1.00. The monoisotopic (exact) mass is 263 g/mol. The third kappa shape index (κ3) is 8.06. The number of unbranched alkanes of at least 4 members (excludes halogenated alkanes) is 6. The van der Waals surface area contributed by atoms with Crippen LogP contribution in [0.1, 0.15) is 51.9 Å². The average Bonchev–Trinajstić information content (AvgIpc) is 2.27. The maximum absolute atomic E-state index is 9.45. The second-order valence-corrected chi connectivity index (χ2v) is 5.52. The normalized spacial score (nSPS) is 18.0. The highest BCUT2D eigenvalue weighted by Crippen LogP contribution is 2.35. The predicted molar refractivity (Wildman–Crippen MR) is 70.8 cm³/mol. The minimum absolute atomic E-state index is 0.153. The van der Waals surface area contributed by atoms with E-state index in [0.717, 1.165) is 19.5 Å². The van der Waals surface area contributed by atoms with E-state index in [-0.39, 0.29) is 6.10 Å². The van der Waals surface area contributed by atoms with Crippen LogP contribution in [0.2, 0.25) is 0 Å². The Kier molecular flexibility index (Phi) is 9.21. The molecule has 1 unspecified atom stereocenters. The molecule has 1 saturated heterocycles. The Morgan fingerprint density at radius 2 is 1.76 bits per heavy atom. The van der Waals surface area contributed by atoms with E-state index in [4.69, 9.17) is 9.05 Å². The molecule has 0 saturated carbocycles. The molecule has 1 atom stereocenters. The van der Waals surface area contributed by atoms with E-state index < -0.39 is 8.60 Å². The van der Waals surface area contributed by atoms with Gasteiger partial charge in [-0.15, -0.1) is 0 Å². The van der Waals surface area contributed by atoms with Gasteiger partial charge < -0.3 is 19.3 Å². The van der Waals surface area contributed by atoms with Crippen molar-refractivity contribution in [2.45, 2.75) is 58.0 Å². The highest BCUT2D eigenvalue weighted by atomic mass is 31.2. The van der Waals surface area contributed by atoms with Gasteiger partial charge in [0.1, 0.15) is 0 Å². The minimum Gasteiger partial charge on any atom is -0.328 e. The molecule has 0 aromatic rings. The maximum Gasteiger partial charge on any atom is 0.330 e. The second-order valence-electron chi connectivity index (χ2n) is 4.58. The summed E-state index contributed by atoms with van der Waals surface area (Å²) in [5.74, 6) is 0. The van der Waals surface area contributed by atoms with Crippen LogP contribution < -0.4 is 5.32 Å². The summed E-state index contributed by atoms with van der Waals surface area (Å²) in [5, 5.41) is 3.09. The second kappa shape index (κ2) is 10.2. The summed E-state index contributed by atoms with van der Waals surface area (Å²) in [6.07, 6.45) is 8.97. The molecule has 1 fully saturated rings. The number of hydrogen-bond donors (Lipinski definition) is 2. The van der Waals surface area contributed by atoms with E-state index in [9.17, 15) is 4.89 Å². The molecule has 0 spiro atoms. The van der Waals surface area contributed by atoms with Crippen LogP contribution in [0.5, 0.6) is 0 Å². The number of hydrogen-bond acceptors (Lipinski definition) is 4. The smallest absolute Gasteiger partial charge is 0.328 e. The topological polar surface area (TPSA) is 50.7 Å². The van der Waals surface area contributed by atoms with Gasteiger partial charge in [-0.2, -0.15) is 0 Å². The van der Waals surface area contributed by atoms with Crippen LogP contribution in [0.3, 0.4) is 0 Å². The summed E-state index contributed by atoms with van der Waals surface area (Å²) in [6.45, 7) is 4.52. The third-order valence-electron chi connectivity index (χ3n) is 2.93. The van der Waals surface area contributed by atoms with Crippen LogP contribution in [0.25, 0.3) is 0 Å². The molecule has 0 aliphatic carbocycles. The van der Waals surface area contributed by atoms with Crippen molar-refractivity contribution in [2.75, 3.05) is 19.7 Å². The fourth-order valence-corrected chi connectivity index (χ4v) is 2.45. The Bertz CT molecular complexity index is 179. The van der Waals surface area contributed by atoms with E-state index >= 15 is 0 Å². The zero-order chi connectivity index (χ0) is 12.3. The Labute approximate surface area is 106 Å². The molecule has 0 amide bonds. The van der Waals surface area contributed by atoms with Gasteiger partial charge in [-0.25, -0.2) is 0 Å². The van der Waals surface area contributed by atoms with Crippen molar-refractivity contribution in [2.24, 2.45) is 0 Å². The lowest BCUT2D eigenvalue weighted by atomic mass is 10.1. The zero-order valence-corrected chi connectivity index (χ0v) is 11.8. The maximum atomic E-state index is 9.45.